The van der Waals surface area contributed by atoms with Crippen molar-refractivity contribution in [3.8, 4) is 0 Å². The first-order chi connectivity index (χ1) is 7.25. The topological polar surface area (TPSA) is 56.7 Å². The lowest BCUT2D eigenvalue weighted by Gasteiger charge is -2.01. The molecule has 2 rings (SSSR count). The quantitative estimate of drug-likeness (QED) is 0.923. The largest absolute Gasteiger partial charge is 0.366 e. The highest BCUT2D eigenvalue weighted by Crippen LogP contribution is 2.09. The molecular formula is C10H11BrN4. The molecule has 0 bridgehead atoms. The molecule has 0 spiro atoms. The molecule has 0 saturated heterocycles. The zero-order valence-corrected chi connectivity index (χ0v) is 9.68. The number of nitrogens with zero attached hydrogens (tertiary/aromatic N) is 3. The van der Waals surface area contributed by atoms with Gasteiger partial charge in [-0.1, -0.05) is 30.3 Å². The third kappa shape index (κ3) is 2.56. The molecule has 1 aromatic carbocycles. The molecule has 15 heavy (non-hydrogen) atoms. The number of nitrogens with two attached hydrogens (primary N) is 1. The van der Waals surface area contributed by atoms with Gasteiger partial charge >= 0.3 is 0 Å². The maximum absolute atomic E-state index is 5.48. The fourth-order valence-electron chi connectivity index (χ4n) is 1.36. The number of hydrogen-bond donors (Lipinski definition) is 1. The number of halogens is 1. The van der Waals surface area contributed by atoms with Crippen molar-refractivity contribution in [2.75, 3.05) is 5.73 Å². The third-order valence-corrected chi connectivity index (χ3v) is 2.68. The predicted octanol–water partition coefficient (Wildman–Crippen LogP) is 1.87. The Hall–Kier alpha value is -1.36. The lowest BCUT2D eigenvalue weighted by atomic mass is 10.2. The second kappa shape index (κ2) is 4.44. The second-order valence-corrected chi connectivity index (χ2v) is 3.91. The fraction of sp³-hybridized carbons (Fsp3) is 0.200. The Morgan fingerprint density at radius 1 is 1.27 bits per heavy atom. The summed E-state index contributed by atoms with van der Waals surface area (Å²) >= 11 is 3.30. The highest BCUT2D eigenvalue weighted by molar-refractivity contribution is 9.10. The van der Waals surface area contributed by atoms with Crippen LogP contribution in [0.5, 0.6) is 0 Å². The van der Waals surface area contributed by atoms with Crippen LogP contribution in [-0.2, 0) is 13.0 Å². The second-order valence-electron chi connectivity index (χ2n) is 3.20. The lowest BCUT2D eigenvalue weighted by Crippen LogP contribution is -2.04. The van der Waals surface area contributed by atoms with Crippen LogP contribution in [0, 0.1) is 0 Å². The van der Waals surface area contributed by atoms with E-state index in [-0.39, 0.29) is 0 Å². The van der Waals surface area contributed by atoms with E-state index in [0.717, 1.165) is 13.0 Å². The minimum Gasteiger partial charge on any atom is -0.366 e. The fourth-order valence-corrected chi connectivity index (χ4v) is 1.80. The van der Waals surface area contributed by atoms with Gasteiger partial charge in [0.25, 0.3) is 0 Å². The van der Waals surface area contributed by atoms with Crippen LogP contribution >= 0.6 is 15.9 Å². The first kappa shape index (κ1) is 10.2. The summed E-state index contributed by atoms with van der Waals surface area (Å²) in [4.78, 5) is 3.97. The normalized spacial score (nSPS) is 10.5. The summed E-state index contributed by atoms with van der Waals surface area (Å²) in [6, 6.07) is 10.2. The van der Waals surface area contributed by atoms with Crippen LogP contribution in [0.3, 0.4) is 0 Å². The van der Waals surface area contributed by atoms with Gasteiger partial charge < -0.3 is 5.73 Å². The summed E-state index contributed by atoms with van der Waals surface area (Å²) in [5.74, 6) is 0.301. The van der Waals surface area contributed by atoms with Gasteiger partial charge in [-0.15, -0.1) is 5.10 Å². The van der Waals surface area contributed by atoms with E-state index in [0.29, 0.717) is 10.7 Å². The molecule has 4 nitrogen and oxygen atoms in total. The smallest absolute Gasteiger partial charge is 0.240 e. The minimum atomic E-state index is 0.301. The molecule has 0 saturated carbocycles. The summed E-state index contributed by atoms with van der Waals surface area (Å²) in [5, 5.41) is 4.06. The Balaban J connectivity index is 2.02. The maximum atomic E-state index is 5.48. The Morgan fingerprint density at radius 3 is 2.60 bits per heavy atom. The summed E-state index contributed by atoms with van der Waals surface area (Å²) in [6.45, 7) is 0.773. The molecule has 0 unspecified atom stereocenters. The van der Waals surface area contributed by atoms with Crippen LogP contribution in [0.4, 0.5) is 5.95 Å². The number of hydrogen-bond acceptors (Lipinski definition) is 3. The average Bonchev–Trinajstić information content (AvgIpc) is 2.56. The van der Waals surface area contributed by atoms with E-state index in [1.54, 1.807) is 4.68 Å². The Kier molecular flexibility index (Phi) is 3.01. The van der Waals surface area contributed by atoms with Crippen LogP contribution in [0.25, 0.3) is 0 Å². The van der Waals surface area contributed by atoms with Crippen LogP contribution in [0.15, 0.2) is 35.1 Å². The van der Waals surface area contributed by atoms with Gasteiger partial charge in [-0.2, -0.15) is 4.98 Å². The average molecular weight is 267 g/mol. The number of benzene rings is 1. The van der Waals surface area contributed by atoms with E-state index >= 15 is 0 Å². The molecule has 0 aliphatic heterocycles. The van der Waals surface area contributed by atoms with Gasteiger partial charge in [0, 0.05) is 6.54 Å². The molecule has 5 heteroatoms. The summed E-state index contributed by atoms with van der Waals surface area (Å²) in [7, 11) is 0. The van der Waals surface area contributed by atoms with Crippen molar-refractivity contribution in [1.82, 2.24) is 14.8 Å². The van der Waals surface area contributed by atoms with Crippen molar-refractivity contribution in [1.29, 1.82) is 0 Å². The number of aromatic nitrogens is 3. The zero-order chi connectivity index (χ0) is 10.7. The number of rotatable bonds is 3. The summed E-state index contributed by atoms with van der Waals surface area (Å²) < 4.78 is 2.43. The van der Waals surface area contributed by atoms with E-state index in [2.05, 4.69) is 38.1 Å². The summed E-state index contributed by atoms with van der Waals surface area (Å²) in [5.41, 5.74) is 6.75. The Morgan fingerprint density at radius 2 is 2.00 bits per heavy atom. The monoisotopic (exact) mass is 266 g/mol. The van der Waals surface area contributed by atoms with Gasteiger partial charge in [0.1, 0.15) is 0 Å². The highest BCUT2D eigenvalue weighted by atomic mass is 79.9. The third-order valence-electron chi connectivity index (χ3n) is 2.10. The summed E-state index contributed by atoms with van der Waals surface area (Å²) in [6.07, 6.45) is 0.919. The van der Waals surface area contributed by atoms with Crippen molar-refractivity contribution in [2.24, 2.45) is 0 Å². The van der Waals surface area contributed by atoms with Crippen LogP contribution in [0.1, 0.15) is 5.56 Å². The molecule has 1 heterocycles. The van der Waals surface area contributed by atoms with Crippen LogP contribution in [-0.4, -0.2) is 14.8 Å². The molecule has 0 aliphatic carbocycles. The van der Waals surface area contributed by atoms with Crippen molar-refractivity contribution < 1.29 is 0 Å². The number of nitrogen functional groups attached to an aromatic ring is 1. The van der Waals surface area contributed by atoms with Gasteiger partial charge in [-0.05, 0) is 27.9 Å². The standard InChI is InChI=1S/C10H11BrN4/c11-9-13-10(12)14-15(9)7-6-8-4-2-1-3-5-8/h1-5H,6-7H2,(H2,12,14). The molecular weight excluding hydrogens is 256 g/mol. The highest BCUT2D eigenvalue weighted by Gasteiger charge is 2.03. The van der Waals surface area contributed by atoms with E-state index in [1.807, 2.05) is 18.2 Å². The van der Waals surface area contributed by atoms with Crippen LogP contribution < -0.4 is 5.73 Å². The van der Waals surface area contributed by atoms with Crippen molar-refractivity contribution >= 4 is 21.9 Å². The van der Waals surface area contributed by atoms with E-state index in [9.17, 15) is 0 Å². The van der Waals surface area contributed by atoms with E-state index < -0.39 is 0 Å². The molecule has 2 aromatic rings. The molecule has 0 fully saturated rings. The lowest BCUT2D eigenvalue weighted by molar-refractivity contribution is 0.601. The molecule has 0 amide bonds. The first-order valence-electron chi connectivity index (χ1n) is 4.65. The van der Waals surface area contributed by atoms with Crippen molar-refractivity contribution in [2.45, 2.75) is 13.0 Å². The van der Waals surface area contributed by atoms with Gasteiger partial charge in [-0.3, -0.25) is 0 Å². The molecule has 78 valence electrons. The molecule has 1 aromatic heterocycles. The molecule has 2 N–H and O–H groups in total. The first-order valence-corrected chi connectivity index (χ1v) is 5.45. The molecule has 0 aliphatic rings. The van der Waals surface area contributed by atoms with Gasteiger partial charge in [0.15, 0.2) is 4.73 Å². The van der Waals surface area contributed by atoms with Crippen molar-refractivity contribution in [3.05, 3.63) is 40.6 Å². The van der Waals surface area contributed by atoms with Gasteiger partial charge in [-0.25, -0.2) is 4.68 Å². The van der Waals surface area contributed by atoms with Gasteiger partial charge in [0.2, 0.25) is 5.95 Å². The number of anilines is 1. The van der Waals surface area contributed by atoms with Crippen molar-refractivity contribution in [3.63, 3.8) is 0 Å². The SMILES string of the molecule is Nc1nc(Br)n(CCc2ccccc2)n1. The van der Waals surface area contributed by atoms with E-state index in [1.165, 1.54) is 5.56 Å². The number of aryl methyl sites for hydroxylation is 2. The van der Waals surface area contributed by atoms with E-state index in [4.69, 9.17) is 5.73 Å². The van der Waals surface area contributed by atoms with Gasteiger partial charge in [0.05, 0.1) is 0 Å². The Labute approximate surface area is 96.3 Å². The Bertz CT molecular complexity index is 438. The zero-order valence-electron chi connectivity index (χ0n) is 8.10. The minimum absolute atomic E-state index is 0.301. The van der Waals surface area contributed by atoms with Crippen LogP contribution in [0.2, 0.25) is 0 Å². The molecule has 0 atom stereocenters. The molecule has 0 radical (unpaired) electrons. The maximum Gasteiger partial charge on any atom is 0.240 e. The predicted molar refractivity (Wildman–Crippen MR) is 62.3 cm³/mol.